The standard InChI is InChI=1S/C20H18F4N4O/c21-11-5-6-12-16(9-11)29-10-15(28-7-2-8-28)17(12)25-13-3-1-4-14-18(13)27-19(26-14)20(22,23)24/h1,3-6,9,15,17,25H,2,7-8,10H2,(H,26,27). The molecule has 5 rings (SSSR count). The summed E-state index contributed by atoms with van der Waals surface area (Å²) in [4.78, 5) is 8.37. The summed E-state index contributed by atoms with van der Waals surface area (Å²) in [5.74, 6) is -0.978. The number of para-hydroxylation sites is 1. The van der Waals surface area contributed by atoms with Crippen molar-refractivity contribution in [2.24, 2.45) is 0 Å². The average molecular weight is 406 g/mol. The fourth-order valence-corrected chi connectivity index (χ4v) is 3.98. The molecule has 0 radical (unpaired) electrons. The first kappa shape index (κ1) is 18.2. The highest BCUT2D eigenvalue weighted by Crippen LogP contribution is 2.39. The Morgan fingerprint density at radius 1 is 1.17 bits per heavy atom. The largest absolute Gasteiger partial charge is 0.491 e. The molecule has 0 amide bonds. The molecule has 2 unspecified atom stereocenters. The van der Waals surface area contributed by atoms with Crippen LogP contribution in [-0.4, -0.2) is 40.6 Å². The third kappa shape index (κ3) is 3.19. The molecule has 2 atom stereocenters. The van der Waals surface area contributed by atoms with E-state index in [4.69, 9.17) is 4.74 Å². The molecule has 5 nitrogen and oxygen atoms in total. The summed E-state index contributed by atoms with van der Waals surface area (Å²) >= 11 is 0. The number of aromatic nitrogens is 2. The minimum atomic E-state index is -4.56. The van der Waals surface area contributed by atoms with Gasteiger partial charge in [0.15, 0.2) is 0 Å². The van der Waals surface area contributed by atoms with Gasteiger partial charge in [-0.3, -0.25) is 4.90 Å². The number of alkyl halides is 3. The van der Waals surface area contributed by atoms with Crippen molar-refractivity contribution in [2.75, 3.05) is 25.0 Å². The van der Waals surface area contributed by atoms with Crippen LogP contribution >= 0.6 is 0 Å². The number of ether oxygens (including phenoxy) is 1. The minimum Gasteiger partial charge on any atom is -0.491 e. The number of rotatable bonds is 3. The number of hydrogen-bond acceptors (Lipinski definition) is 4. The molecule has 152 valence electrons. The summed E-state index contributed by atoms with van der Waals surface area (Å²) in [6.45, 7) is 2.22. The van der Waals surface area contributed by atoms with Crippen molar-refractivity contribution in [3.8, 4) is 5.75 Å². The number of imidazole rings is 1. The first-order valence-corrected chi connectivity index (χ1v) is 9.39. The van der Waals surface area contributed by atoms with Gasteiger partial charge in [-0.1, -0.05) is 12.1 Å². The fraction of sp³-hybridized carbons (Fsp3) is 0.350. The first-order valence-electron chi connectivity index (χ1n) is 9.39. The Kier molecular flexibility index (Phi) is 4.16. The molecule has 1 fully saturated rings. The van der Waals surface area contributed by atoms with E-state index in [0.29, 0.717) is 23.6 Å². The lowest BCUT2D eigenvalue weighted by Gasteiger charge is -2.45. The maximum absolute atomic E-state index is 13.7. The number of aromatic amines is 1. The summed E-state index contributed by atoms with van der Waals surface area (Å²) in [7, 11) is 0. The van der Waals surface area contributed by atoms with Crippen LogP contribution < -0.4 is 10.1 Å². The van der Waals surface area contributed by atoms with Gasteiger partial charge in [0.2, 0.25) is 5.82 Å². The molecule has 2 aliphatic heterocycles. The number of likely N-dealkylation sites (tertiary alicyclic amines) is 1. The second-order valence-electron chi connectivity index (χ2n) is 7.36. The van der Waals surface area contributed by atoms with Crippen LogP contribution in [-0.2, 0) is 6.18 Å². The van der Waals surface area contributed by atoms with Crippen molar-refractivity contribution < 1.29 is 22.3 Å². The van der Waals surface area contributed by atoms with Gasteiger partial charge in [-0.2, -0.15) is 13.2 Å². The van der Waals surface area contributed by atoms with E-state index in [2.05, 4.69) is 20.2 Å². The highest BCUT2D eigenvalue weighted by atomic mass is 19.4. The van der Waals surface area contributed by atoms with Crippen LogP contribution in [0.25, 0.3) is 11.0 Å². The van der Waals surface area contributed by atoms with Crippen LogP contribution in [0.5, 0.6) is 5.75 Å². The van der Waals surface area contributed by atoms with E-state index in [9.17, 15) is 17.6 Å². The normalized spacial score (nSPS) is 22.1. The van der Waals surface area contributed by atoms with Crippen molar-refractivity contribution in [3.63, 3.8) is 0 Å². The number of fused-ring (bicyclic) bond motifs is 2. The molecule has 0 saturated carbocycles. The van der Waals surface area contributed by atoms with Crippen LogP contribution in [0.2, 0.25) is 0 Å². The predicted octanol–water partition coefficient (Wildman–Crippen LogP) is 4.34. The summed E-state index contributed by atoms with van der Waals surface area (Å²) in [5.41, 5.74) is 1.78. The van der Waals surface area contributed by atoms with Gasteiger partial charge in [0, 0.05) is 11.6 Å². The summed E-state index contributed by atoms with van der Waals surface area (Å²) < 4.78 is 58.8. The summed E-state index contributed by atoms with van der Waals surface area (Å²) in [6.07, 6.45) is -3.47. The van der Waals surface area contributed by atoms with Gasteiger partial charge in [0.1, 0.15) is 23.7 Å². The molecular weight excluding hydrogens is 388 g/mol. The van der Waals surface area contributed by atoms with Crippen LogP contribution in [0.15, 0.2) is 36.4 Å². The molecule has 1 saturated heterocycles. The van der Waals surface area contributed by atoms with Gasteiger partial charge >= 0.3 is 6.18 Å². The Hall–Kier alpha value is -2.81. The number of nitrogens with one attached hydrogen (secondary N) is 2. The molecule has 29 heavy (non-hydrogen) atoms. The number of benzene rings is 2. The number of H-pyrrole nitrogens is 1. The lowest BCUT2D eigenvalue weighted by molar-refractivity contribution is -0.144. The molecule has 0 spiro atoms. The lowest BCUT2D eigenvalue weighted by atomic mass is 9.92. The molecule has 2 aliphatic rings. The van der Waals surface area contributed by atoms with Gasteiger partial charge in [-0.25, -0.2) is 9.37 Å². The van der Waals surface area contributed by atoms with Crippen LogP contribution in [0.4, 0.5) is 23.2 Å². The van der Waals surface area contributed by atoms with Crippen molar-refractivity contribution >= 4 is 16.7 Å². The quantitative estimate of drug-likeness (QED) is 0.636. The summed E-state index contributed by atoms with van der Waals surface area (Å²) in [5, 5.41) is 3.37. The number of halogens is 4. The van der Waals surface area contributed by atoms with Crippen molar-refractivity contribution in [1.29, 1.82) is 0 Å². The third-order valence-corrected chi connectivity index (χ3v) is 5.56. The molecule has 9 heteroatoms. The predicted molar refractivity (Wildman–Crippen MR) is 99.3 cm³/mol. The van der Waals surface area contributed by atoms with Crippen LogP contribution in [0.1, 0.15) is 23.9 Å². The van der Waals surface area contributed by atoms with E-state index < -0.39 is 17.8 Å². The maximum atomic E-state index is 13.7. The highest BCUT2D eigenvalue weighted by Gasteiger charge is 2.38. The Morgan fingerprint density at radius 3 is 2.72 bits per heavy atom. The molecule has 1 aromatic heterocycles. The Morgan fingerprint density at radius 2 is 2.00 bits per heavy atom. The Balaban J connectivity index is 1.56. The smallest absolute Gasteiger partial charge is 0.449 e. The third-order valence-electron chi connectivity index (χ3n) is 5.56. The molecule has 2 aromatic carbocycles. The van der Waals surface area contributed by atoms with E-state index in [1.165, 1.54) is 12.1 Å². The van der Waals surface area contributed by atoms with E-state index in [-0.39, 0.29) is 17.6 Å². The van der Waals surface area contributed by atoms with Gasteiger partial charge in [0.05, 0.1) is 23.3 Å². The Labute approximate surface area is 163 Å². The zero-order chi connectivity index (χ0) is 20.2. The first-order chi connectivity index (χ1) is 13.9. The molecule has 0 aliphatic carbocycles. The van der Waals surface area contributed by atoms with Crippen molar-refractivity contribution in [3.05, 3.63) is 53.6 Å². The average Bonchev–Trinajstić information content (AvgIpc) is 3.07. The SMILES string of the molecule is Fc1ccc2c(c1)OCC(N1CCC1)C2Nc1cccc2[nH]c(C(F)(F)F)nc12. The zero-order valence-electron chi connectivity index (χ0n) is 15.3. The van der Waals surface area contributed by atoms with Crippen molar-refractivity contribution in [2.45, 2.75) is 24.7 Å². The number of nitrogens with zero attached hydrogens (tertiary/aromatic N) is 2. The minimum absolute atomic E-state index is 0.0157. The van der Waals surface area contributed by atoms with Gasteiger partial charge in [-0.05, 0) is 37.7 Å². The second kappa shape index (κ2) is 6.62. The zero-order valence-corrected chi connectivity index (χ0v) is 15.3. The number of anilines is 1. The lowest BCUT2D eigenvalue weighted by Crippen LogP contribution is -2.53. The monoisotopic (exact) mass is 406 g/mol. The molecular formula is C20H18F4N4O. The molecule has 3 heterocycles. The van der Waals surface area contributed by atoms with Gasteiger partial charge < -0.3 is 15.0 Å². The second-order valence-corrected chi connectivity index (χ2v) is 7.36. The molecule has 3 aromatic rings. The van der Waals surface area contributed by atoms with E-state index >= 15 is 0 Å². The fourth-order valence-electron chi connectivity index (χ4n) is 3.98. The topological polar surface area (TPSA) is 53.2 Å². The van der Waals surface area contributed by atoms with Crippen LogP contribution in [0.3, 0.4) is 0 Å². The maximum Gasteiger partial charge on any atom is 0.449 e. The van der Waals surface area contributed by atoms with Crippen molar-refractivity contribution in [1.82, 2.24) is 14.9 Å². The Bertz CT molecular complexity index is 1060. The van der Waals surface area contributed by atoms with E-state index in [0.717, 1.165) is 25.1 Å². The van der Waals surface area contributed by atoms with Gasteiger partial charge in [0.25, 0.3) is 0 Å². The van der Waals surface area contributed by atoms with Crippen LogP contribution in [0, 0.1) is 5.82 Å². The molecule has 0 bridgehead atoms. The highest BCUT2D eigenvalue weighted by molar-refractivity contribution is 5.88. The van der Waals surface area contributed by atoms with E-state index in [1.807, 2.05) is 0 Å². The molecule has 2 N–H and O–H groups in total. The number of hydrogen-bond donors (Lipinski definition) is 2. The van der Waals surface area contributed by atoms with Gasteiger partial charge in [-0.15, -0.1) is 0 Å². The summed E-state index contributed by atoms with van der Waals surface area (Å²) in [6, 6.07) is 9.03. The van der Waals surface area contributed by atoms with E-state index in [1.54, 1.807) is 24.3 Å².